The maximum atomic E-state index is 11.6. The average molecular weight is 319 g/mol. The normalized spacial score (nSPS) is 10.1. The lowest BCUT2D eigenvalue weighted by atomic mass is 10.3. The summed E-state index contributed by atoms with van der Waals surface area (Å²) in [6, 6.07) is 11.0. The first kappa shape index (κ1) is 16.2. The number of benzene rings is 1. The Morgan fingerprint density at radius 1 is 1.18 bits per heavy atom. The van der Waals surface area contributed by atoms with Crippen molar-refractivity contribution in [3.05, 3.63) is 46.2 Å². The van der Waals surface area contributed by atoms with Crippen molar-refractivity contribution in [2.75, 3.05) is 20.3 Å². The predicted octanol–water partition coefficient (Wildman–Crippen LogP) is 2.96. The zero-order valence-electron chi connectivity index (χ0n) is 12.7. The molecule has 117 valence electrons. The minimum absolute atomic E-state index is 0.315. The molecule has 1 radical (unpaired) electrons. The molecule has 0 fully saturated rings. The SMILES string of the molecule is COc1ccc(OCC[N]C(=O)NCc2ccc(C)s2)cc1. The summed E-state index contributed by atoms with van der Waals surface area (Å²) in [5.41, 5.74) is 0. The van der Waals surface area contributed by atoms with E-state index in [9.17, 15) is 4.79 Å². The Morgan fingerprint density at radius 3 is 2.55 bits per heavy atom. The van der Waals surface area contributed by atoms with Crippen molar-refractivity contribution in [3.8, 4) is 11.5 Å². The second kappa shape index (κ2) is 8.29. The maximum absolute atomic E-state index is 11.6. The molecule has 6 heteroatoms. The van der Waals surface area contributed by atoms with Crippen molar-refractivity contribution in [2.24, 2.45) is 0 Å². The van der Waals surface area contributed by atoms with Gasteiger partial charge in [0.25, 0.3) is 0 Å². The topological polar surface area (TPSA) is 61.7 Å². The summed E-state index contributed by atoms with van der Waals surface area (Å²) in [4.78, 5) is 13.9. The van der Waals surface area contributed by atoms with Crippen molar-refractivity contribution in [1.82, 2.24) is 10.6 Å². The molecule has 2 rings (SSSR count). The van der Waals surface area contributed by atoms with Crippen LogP contribution in [0.15, 0.2) is 36.4 Å². The molecular weight excluding hydrogens is 300 g/mol. The number of nitrogens with one attached hydrogen (secondary N) is 1. The van der Waals surface area contributed by atoms with Crippen LogP contribution in [-0.4, -0.2) is 26.3 Å². The van der Waals surface area contributed by atoms with Gasteiger partial charge in [-0.25, -0.2) is 10.1 Å². The van der Waals surface area contributed by atoms with Crippen LogP contribution in [0, 0.1) is 6.92 Å². The maximum Gasteiger partial charge on any atom is 0.336 e. The van der Waals surface area contributed by atoms with Crippen molar-refractivity contribution in [1.29, 1.82) is 0 Å². The van der Waals surface area contributed by atoms with E-state index in [1.165, 1.54) is 4.88 Å². The molecular formula is C16H19N2O3S. The number of hydrogen-bond acceptors (Lipinski definition) is 4. The zero-order chi connectivity index (χ0) is 15.8. The molecule has 1 heterocycles. The highest BCUT2D eigenvalue weighted by Gasteiger charge is 2.03. The number of ether oxygens (including phenoxy) is 2. The van der Waals surface area contributed by atoms with Gasteiger partial charge in [-0.3, -0.25) is 0 Å². The molecule has 5 nitrogen and oxygen atoms in total. The number of methoxy groups -OCH3 is 1. The smallest absolute Gasteiger partial charge is 0.336 e. The van der Waals surface area contributed by atoms with Crippen LogP contribution in [0.1, 0.15) is 9.75 Å². The average Bonchev–Trinajstić information content (AvgIpc) is 2.96. The second-order valence-corrected chi connectivity index (χ2v) is 5.95. The summed E-state index contributed by atoms with van der Waals surface area (Å²) in [5, 5.41) is 6.66. The fourth-order valence-electron chi connectivity index (χ4n) is 1.78. The fraction of sp³-hybridized carbons (Fsp3) is 0.312. The number of carbonyl (C=O) groups is 1. The van der Waals surface area contributed by atoms with Crippen LogP contribution in [-0.2, 0) is 6.54 Å². The van der Waals surface area contributed by atoms with Crippen molar-refractivity contribution in [2.45, 2.75) is 13.5 Å². The van der Waals surface area contributed by atoms with Gasteiger partial charge < -0.3 is 14.8 Å². The second-order valence-electron chi connectivity index (χ2n) is 4.58. The van der Waals surface area contributed by atoms with Gasteiger partial charge in [-0.2, -0.15) is 0 Å². The monoisotopic (exact) mass is 319 g/mol. The summed E-state index contributed by atoms with van der Waals surface area (Å²) in [5.74, 6) is 1.51. The number of urea groups is 1. The molecule has 1 N–H and O–H groups in total. The predicted molar refractivity (Wildman–Crippen MR) is 86.8 cm³/mol. The first-order valence-electron chi connectivity index (χ1n) is 6.95. The molecule has 0 saturated carbocycles. The first-order chi connectivity index (χ1) is 10.7. The Hall–Kier alpha value is -2.21. The molecule has 0 unspecified atom stereocenters. The Kier molecular flexibility index (Phi) is 6.09. The van der Waals surface area contributed by atoms with E-state index >= 15 is 0 Å². The van der Waals surface area contributed by atoms with Crippen molar-refractivity contribution < 1.29 is 14.3 Å². The van der Waals surface area contributed by atoms with Crippen LogP contribution in [0.5, 0.6) is 11.5 Å². The van der Waals surface area contributed by atoms with E-state index in [0.717, 1.165) is 16.4 Å². The molecule has 0 bridgehead atoms. The summed E-state index contributed by atoms with van der Waals surface area (Å²) in [6.07, 6.45) is 0. The summed E-state index contributed by atoms with van der Waals surface area (Å²) >= 11 is 1.67. The number of aryl methyl sites for hydroxylation is 1. The van der Waals surface area contributed by atoms with Crippen LogP contribution in [0.4, 0.5) is 4.79 Å². The number of nitrogens with zero attached hydrogens (tertiary/aromatic N) is 1. The van der Waals surface area contributed by atoms with Crippen LogP contribution in [0.2, 0.25) is 0 Å². The van der Waals surface area contributed by atoms with Gasteiger partial charge in [0, 0.05) is 9.75 Å². The molecule has 2 amide bonds. The highest BCUT2D eigenvalue weighted by atomic mass is 32.1. The van der Waals surface area contributed by atoms with Gasteiger partial charge in [-0.15, -0.1) is 11.3 Å². The molecule has 0 aliphatic rings. The molecule has 2 aromatic rings. The number of carbonyl (C=O) groups excluding carboxylic acids is 1. The number of thiophene rings is 1. The van der Waals surface area contributed by atoms with E-state index in [1.54, 1.807) is 18.4 Å². The van der Waals surface area contributed by atoms with Crippen LogP contribution < -0.4 is 20.1 Å². The van der Waals surface area contributed by atoms with Gasteiger partial charge in [-0.05, 0) is 43.3 Å². The highest BCUT2D eigenvalue weighted by Crippen LogP contribution is 2.16. The van der Waals surface area contributed by atoms with E-state index < -0.39 is 0 Å². The Balaban J connectivity index is 1.60. The molecule has 0 aliphatic carbocycles. The van der Waals surface area contributed by atoms with Gasteiger partial charge in [0.2, 0.25) is 0 Å². The minimum atomic E-state index is -0.315. The largest absolute Gasteiger partial charge is 0.497 e. The third kappa shape index (κ3) is 5.29. The van der Waals surface area contributed by atoms with E-state index in [4.69, 9.17) is 9.47 Å². The van der Waals surface area contributed by atoms with E-state index in [0.29, 0.717) is 19.7 Å². The first-order valence-corrected chi connectivity index (χ1v) is 7.76. The van der Waals surface area contributed by atoms with Gasteiger partial charge in [0.15, 0.2) is 0 Å². The summed E-state index contributed by atoms with van der Waals surface area (Å²) in [7, 11) is 1.62. The lowest BCUT2D eigenvalue weighted by Gasteiger charge is -2.07. The number of amides is 2. The lowest BCUT2D eigenvalue weighted by Crippen LogP contribution is -2.31. The zero-order valence-corrected chi connectivity index (χ0v) is 13.5. The van der Waals surface area contributed by atoms with E-state index in [-0.39, 0.29) is 6.03 Å². The van der Waals surface area contributed by atoms with Crippen LogP contribution >= 0.6 is 11.3 Å². The van der Waals surface area contributed by atoms with Crippen molar-refractivity contribution >= 4 is 17.4 Å². The molecule has 0 atom stereocenters. The van der Waals surface area contributed by atoms with E-state index in [1.807, 2.05) is 43.3 Å². The Labute approximate surface area is 134 Å². The Morgan fingerprint density at radius 2 is 1.91 bits per heavy atom. The molecule has 0 aliphatic heterocycles. The third-order valence-corrected chi connectivity index (χ3v) is 3.89. The highest BCUT2D eigenvalue weighted by molar-refractivity contribution is 7.11. The number of rotatable bonds is 7. The van der Waals surface area contributed by atoms with Gasteiger partial charge >= 0.3 is 6.03 Å². The fourth-order valence-corrected chi connectivity index (χ4v) is 2.61. The van der Waals surface area contributed by atoms with E-state index in [2.05, 4.69) is 10.6 Å². The number of hydrogen-bond donors (Lipinski definition) is 1. The van der Waals surface area contributed by atoms with Crippen molar-refractivity contribution in [3.63, 3.8) is 0 Å². The van der Waals surface area contributed by atoms with Gasteiger partial charge in [0.1, 0.15) is 18.1 Å². The third-order valence-electron chi connectivity index (χ3n) is 2.88. The molecule has 0 spiro atoms. The summed E-state index contributed by atoms with van der Waals surface area (Å²) < 4.78 is 10.6. The quantitative estimate of drug-likeness (QED) is 0.798. The summed E-state index contributed by atoms with van der Waals surface area (Å²) in [6.45, 7) is 3.23. The molecule has 0 saturated heterocycles. The van der Waals surface area contributed by atoms with Gasteiger partial charge in [0.05, 0.1) is 20.2 Å². The molecule has 1 aromatic carbocycles. The Bertz CT molecular complexity index is 596. The van der Waals surface area contributed by atoms with Gasteiger partial charge in [-0.1, -0.05) is 0 Å². The lowest BCUT2D eigenvalue weighted by molar-refractivity contribution is 0.235. The van der Waals surface area contributed by atoms with Crippen LogP contribution in [0.25, 0.3) is 0 Å². The standard InChI is InChI=1S/C16H19N2O3S/c1-12-3-8-15(22-12)11-18-16(19)17-9-10-21-14-6-4-13(20-2)5-7-14/h3-8H,9-11H2,1-2H3,(H,18,19). The van der Waals surface area contributed by atoms with Crippen LogP contribution in [0.3, 0.4) is 0 Å². The molecule has 22 heavy (non-hydrogen) atoms. The minimum Gasteiger partial charge on any atom is -0.497 e. The molecule has 1 aromatic heterocycles.